The Balaban J connectivity index is 2.07. The van der Waals surface area contributed by atoms with E-state index in [1.165, 1.54) is 29.2 Å². The Morgan fingerprint density at radius 2 is 1.22 bits per heavy atom. The highest BCUT2D eigenvalue weighted by Gasteiger charge is 2.63. The number of benzene rings is 2. The summed E-state index contributed by atoms with van der Waals surface area (Å²) in [6.07, 6.45) is 0. The fraction of sp³-hybridized carbons (Fsp3) is 0.381. The van der Waals surface area contributed by atoms with E-state index in [0.29, 0.717) is 0 Å². The number of hydrogen-bond donors (Lipinski definition) is 0. The molecule has 0 saturated heterocycles. The van der Waals surface area contributed by atoms with Gasteiger partial charge in [-0.25, -0.2) is 0 Å². The number of hydrogen-bond acceptors (Lipinski definition) is 2. The van der Waals surface area contributed by atoms with Crippen LogP contribution in [0.5, 0.6) is 0 Å². The van der Waals surface area contributed by atoms with Crippen molar-refractivity contribution in [3.63, 3.8) is 0 Å². The first-order valence-electron chi connectivity index (χ1n) is 8.25. The van der Waals surface area contributed by atoms with Crippen molar-refractivity contribution in [1.82, 2.24) is 0 Å². The van der Waals surface area contributed by atoms with E-state index >= 15 is 0 Å². The predicted molar refractivity (Wildman–Crippen MR) is 90.5 cm³/mol. The van der Waals surface area contributed by atoms with Crippen molar-refractivity contribution in [2.24, 2.45) is 5.41 Å². The lowest BCUT2D eigenvalue weighted by Gasteiger charge is -2.60. The fourth-order valence-electron chi connectivity index (χ4n) is 4.93. The summed E-state index contributed by atoms with van der Waals surface area (Å²) in [5.41, 5.74) is 4.65. The molecule has 0 spiro atoms. The Kier molecular flexibility index (Phi) is 2.82. The molecule has 2 bridgehead atoms. The summed E-state index contributed by atoms with van der Waals surface area (Å²) < 4.78 is 6.00. The van der Waals surface area contributed by atoms with Crippen molar-refractivity contribution in [2.45, 2.75) is 45.1 Å². The lowest BCUT2D eigenvalue weighted by Crippen LogP contribution is -2.59. The van der Waals surface area contributed by atoms with Gasteiger partial charge in [-0.15, -0.1) is 0 Å². The second-order valence-corrected chi connectivity index (χ2v) is 7.55. The Labute approximate surface area is 137 Å². The molecule has 0 fully saturated rings. The quantitative estimate of drug-likeness (QED) is 0.718. The van der Waals surface area contributed by atoms with Crippen molar-refractivity contribution >= 4 is 5.97 Å². The van der Waals surface area contributed by atoms with Crippen LogP contribution >= 0.6 is 0 Å². The van der Waals surface area contributed by atoms with E-state index in [9.17, 15) is 4.79 Å². The third kappa shape index (κ3) is 1.67. The van der Waals surface area contributed by atoms with Gasteiger partial charge in [-0.1, -0.05) is 62.4 Å². The van der Waals surface area contributed by atoms with Crippen LogP contribution in [0.4, 0.5) is 0 Å². The van der Waals surface area contributed by atoms with Gasteiger partial charge in [-0.3, -0.25) is 4.79 Å². The van der Waals surface area contributed by atoms with Crippen molar-refractivity contribution < 1.29 is 9.53 Å². The normalized spacial score (nSPS) is 29.6. The van der Waals surface area contributed by atoms with Gasteiger partial charge < -0.3 is 4.74 Å². The molecule has 2 heteroatoms. The molecule has 2 nitrogen and oxygen atoms in total. The molecule has 3 aliphatic carbocycles. The summed E-state index contributed by atoms with van der Waals surface area (Å²) in [5.74, 6) is 0.117. The number of ether oxygens (including phenoxy) is 1. The molecule has 0 saturated carbocycles. The molecule has 2 aromatic rings. The van der Waals surface area contributed by atoms with Crippen LogP contribution in [0.2, 0.25) is 0 Å². The van der Waals surface area contributed by atoms with Crippen molar-refractivity contribution in [2.75, 3.05) is 0 Å². The van der Waals surface area contributed by atoms with E-state index in [4.69, 9.17) is 4.74 Å². The van der Waals surface area contributed by atoms with Crippen molar-refractivity contribution in [1.29, 1.82) is 0 Å². The number of esters is 1. The first-order chi connectivity index (χ1) is 10.9. The number of fused-ring (bicyclic) bond motifs is 1. The second kappa shape index (κ2) is 4.47. The van der Waals surface area contributed by atoms with E-state index in [1.807, 2.05) is 0 Å². The predicted octanol–water partition coefficient (Wildman–Crippen LogP) is 4.63. The summed E-state index contributed by atoms with van der Waals surface area (Å²) in [6.45, 7) is 8.10. The van der Waals surface area contributed by atoms with Crippen LogP contribution in [0.1, 0.15) is 61.8 Å². The van der Waals surface area contributed by atoms with Gasteiger partial charge in [0, 0.05) is 24.2 Å². The minimum atomic E-state index is -0.549. The van der Waals surface area contributed by atoms with Crippen LogP contribution in [0.15, 0.2) is 48.5 Å². The number of carbonyl (C=O) groups excluding carboxylic acids is 1. The fourth-order valence-corrected chi connectivity index (χ4v) is 4.93. The smallest absolute Gasteiger partial charge is 0.303 e. The Morgan fingerprint density at radius 1 is 0.826 bits per heavy atom. The molecule has 0 radical (unpaired) electrons. The lowest BCUT2D eigenvalue weighted by molar-refractivity contribution is -0.177. The van der Waals surface area contributed by atoms with Gasteiger partial charge in [0.2, 0.25) is 0 Å². The highest BCUT2D eigenvalue weighted by Crippen LogP contribution is 2.66. The Morgan fingerprint density at radius 3 is 1.61 bits per heavy atom. The maximum atomic E-state index is 11.9. The van der Waals surface area contributed by atoms with Gasteiger partial charge in [-0.2, -0.15) is 0 Å². The minimum Gasteiger partial charge on any atom is -0.458 e. The van der Waals surface area contributed by atoms with E-state index in [-0.39, 0.29) is 23.2 Å². The van der Waals surface area contributed by atoms with Gasteiger partial charge in [0.1, 0.15) is 5.60 Å². The molecule has 0 aliphatic heterocycles. The summed E-state index contributed by atoms with van der Waals surface area (Å²) >= 11 is 0. The molecule has 0 amide bonds. The maximum Gasteiger partial charge on any atom is 0.303 e. The van der Waals surface area contributed by atoms with Crippen LogP contribution in [0.3, 0.4) is 0 Å². The number of rotatable bonds is 1. The first kappa shape index (κ1) is 14.5. The monoisotopic (exact) mass is 306 g/mol. The molecule has 2 aromatic carbocycles. The zero-order chi connectivity index (χ0) is 16.4. The zero-order valence-electron chi connectivity index (χ0n) is 14.1. The third-order valence-electron chi connectivity index (χ3n) is 6.14. The molecule has 0 heterocycles. The maximum absolute atomic E-state index is 11.9. The zero-order valence-corrected chi connectivity index (χ0v) is 14.1. The molecule has 5 rings (SSSR count). The topological polar surface area (TPSA) is 26.3 Å². The molecule has 0 unspecified atom stereocenters. The summed E-state index contributed by atoms with van der Waals surface area (Å²) in [4.78, 5) is 11.9. The van der Waals surface area contributed by atoms with E-state index in [0.717, 1.165) is 0 Å². The molecular weight excluding hydrogens is 284 g/mol. The van der Waals surface area contributed by atoms with Crippen LogP contribution in [-0.4, -0.2) is 11.6 Å². The molecule has 0 N–H and O–H groups in total. The standard InChI is InChI=1S/C21H22O2/c1-13(22)23-21(4)19-16-11-7-5-9-14(16)18(20(21,2)3)15-10-6-8-12-17(15)19/h5-12,18-19H,1-4H3/t18?,19?,21-/m1/s1. The summed E-state index contributed by atoms with van der Waals surface area (Å²) in [7, 11) is 0. The minimum absolute atomic E-state index is 0.0822. The molecule has 1 atom stereocenters. The molecule has 3 aliphatic rings. The first-order valence-corrected chi connectivity index (χ1v) is 8.25. The van der Waals surface area contributed by atoms with Crippen molar-refractivity contribution in [3.8, 4) is 0 Å². The summed E-state index contributed by atoms with van der Waals surface area (Å²) in [5, 5.41) is 0. The highest BCUT2D eigenvalue weighted by molar-refractivity contribution is 5.69. The van der Waals surface area contributed by atoms with Crippen LogP contribution in [-0.2, 0) is 9.53 Å². The van der Waals surface area contributed by atoms with Gasteiger partial charge in [0.25, 0.3) is 0 Å². The van der Waals surface area contributed by atoms with Gasteiger partial charge >= 0.3 is 5.97 Å². The molecular formula is C21H22O2. The van der Waals surface area contributed by atoms with Gasteiger partial charge in [0.05, 0.1) is 0 Å². The van der Waals surface area contributed by atoms with Crippen LogP contribution in [0.25, 0.3) is 0 Å². The molecule has 118 valence electrons. The molecule has 0 aromatic heterocycles. The Hall–Kier alpha value is -2.09. The third-order valence-corrected chi connectivity index (χ3v) is 6.14. The lowest BCUT2D eigenvalue weighted by atomic mass is 9.46. The number of carbonyl (C=O) groups is 1. The van der Waals surface area contributed by atoms with E-state index < -0.39 is 5.60 Å². The van der Waals surface area contributed by atoms with Gasteiger partial charge in [-0.05, 0) is 29.2 Å². The van der Waals surface area contributed by atoms with Crippen LogP contribution < -0.4 is 0 Å². The SMILES string of the molecule is CC(=O)O[C@]1(C)C2c3ccccc3C(c3ccccc32)C1(C)C. The highest BCUT2D eigenvalue weighted by atomic mass is 16.6. The van der Waals surface area contributed by atoms with Crippen LogP contribution in [0, 0.1) is 5.41 Å². The second-order valence-electron chi connectivity index (χ2n) is 7.55. The van der Waals surface area contributed by atoms with Gasteiger partial charge in [0.15, 0.2) is 0 Å². The summed E-state index contributed by atoms with van der Waals surface area (Å²) in [6, 6.07) is 17.3. The van der Waals surface area contributed by atoms with E-state index in [1.54, 1.807) is 0 Å². The van der Waals surface area contributed by atoms with Crippen molar-refractivity contribution in [3.05, 3.63) is 70.8 Å². The molecule has 23 heavy (non-hydrogen) atoms. The Bertz CT molecular complexity index is 757. The average Bonchev–Trinajstić information content (AvgIpc) is 2.49. The average molecular weight is 306 g/mol. The largest absolute Gasteiger partial charge is 0.458 e. The van der Waals surface area contributed by atoms with E-state index in [2.05, 4.69) is 69.3 Å².